The second-order valence-electron chi connectivity index (χ2n) is 5.62. The van der Waals surface area contributed by atoms with Crippen LogP contribution in [0.25, 0.3) is 11.4 Å². The summed E-state index contributed by atoms with van der Waals surface area (Å²) in [5.74, 6) is 1.57. The lowest BCUT2D eigenvalue weighted by molar-refractivity contribution is 0.242. The summed E-state index contributed by atoms with van der Waals surface area (Å²) in [6, 6.07) is 6.38. The second kappa shape index (κ2) is 7.24. The Balaban J connectivity index is 1.59. The molecule has 22 heavy (non-hydrogen) atoms. The number of piperidine rings is 1. The minimum atomic E-state index is -0.234. The van der Waals surface area contributed by atoms with Gasteiger partial charge in [0.05, 0.1) is 0 Å². The van der Waals surface area contributed by atoms with Crippen LogP contribution >= 0.6 is 11.8 Å². The van der Waals surface area contributed by atoms with Gasteiger partial charge in [-0.25, -0.2) is 4.39 Å². The van der Waals surface area contributed by atoms with Crippen molar-refractivity contribution < 1.29 is 4.39 Å². The zero-order valence-corrected chi connectivity index (χ0v) is 13.7. The Morgan fingerprint density at radius 1 is 1.09 bits per heavy atom. The van der Waals surface area contributed by atoms with E-state index in [1.807, 2.05) is 11.6 Å². The quantitative estimate of drug-likeness (QED) is 0.792. The monoisotopic (exact) mass is 320 g/mol. The molecule has 1 aromatic carbocycles. The maximum atomic E-state index is 13.0. The Morgan fingerprint density at radius 3 is 2.55 bits per heavy atom. The van der Waals surface area contributed by atoms with Gasteiger partial charge in [0.2, 0.25) is 0 Å². The van der Waals surface area contributed by atoms with Crippen molar-refractivity contribution in [1.29, 1.82) is 0 Å². The molecule has 0 aliphatic carbocycles. The third-order valence-electron chi connectivity index (χ3n) is 4.02. The number of hydrogen-bond acceptors (Lipinski definition) is 4. The number of thioether (sulfide) groups is 1. The van der Waals surface area contributed by atoms with Crippen molar-refractivity contribution >= 4 is 11.8 Å². The highest BCUT2D eigenvalue weighted by molar-refractivity contribution is 7.99. The Labute approximate surface area is 134 Å². The molecule has 3 rings (SSSR count). The van der Waals surface area contributed by atoms with Crippen LogP contribution in [0.15, 0.2) is 29.4 Å². The Kier molecular flexibility index (Phi) is 5.10. The van der Waals surface area contributed by atoms with Gasteiger partial charge < -0.3 is 9.47 Å². The van der Waals surface area contributed by atoms with Crippen LogP contribution < -0.4 is 0 Å². The van der Waals surface area contributed by atoms with Gasteiger partial charge in [-0.05, 0) is 50.2 Å². The second-order valence-corrected chi connectivity index (χ2v) is 6.68. The fourth-order valence-corrected chi connectivity index (χ4v) is 3.65. The lowest BCUT2D eigenvalue weighted by atomic mass is 10.1. The summed E-state index contributed by atoms with van der Waals surface area (Å²) in [7, 11) is 1.96. The number of hydrogen-bond donors (Lipinski definition) is 0. The molecule has 118 valence electrons. The minimum absolute atomic E-state index is 0.234. The fraction of sp³-hybridized carbons (Fsp3) is 0.500. The number of nitrogens with zero attached hydrogens (tertiary/aromatic N) is 4. The molecule has 4 nitrogen and oxygen atoms in total. The molecular formula is C16H21FN4S. The van der Waals surface area contributed by atoms with Crippen molar-refractivity contribution in [3.8, 4) is 11.4 Å². The SMILES string of the molecule is Cn1c(SCCN2CCCCC2)nnc1-c1ccc(F)cc1. The van der Waals surface area contributed by atoms with Crippen LogP contribution in [0.5, 0.6) is 0 Å². The zero-order valence-electron chi connectivity index (χ0n) is 12.8. The number of rotatable bonds is 5. The van der Waals surface area contributed by atoms with Gasteiger partial charge in [-0.3, -0.25) is 0 Å². The van der Waals surface area contributed by atoms with Crippen LogP contribution in [0.1, 0.15) is 19.3 Å². The van der Waals surface area contributed by atoms with Crippen LogP contribution in [0.2, 0.25) is 0 Å². The van der Waals surface area contributed by atoms with E-state index in [2.05, 4.69) is 15.1 Å². The Morgan fingerprint density at radius 2 is 1.82 bits per heavy atom. The van der Waals surface area contributed by atoms with Crippen molar-refractivity contribution in [3.63, 3.8) is 0 Å². The summed E-state index contributed by atoms with van der Waals surface area (Å²) in [5, 5.41) is 9.41. The van der Waals surface area contributed by atoms with Gasteiger partial charge >= 0.3 is 0 Å². The van der Waals surface area contributed by atoms with Crippen LogP contribution in [-0.2, 0) is 7.05 Å². The van der Waals surface area contributed by atoms with Gasteiger partial charge in [-0.2, -0.15) is 0 Å². The highest BCUT2D eigenvalue weighted by atomic mass is 32.2. The van der Waals surface area contributed by atoms with E-state index in [0.717, 1.165) is 28.8 Å². The van der Waals surface area contributed by atoms with Crippen LogP contribution in [-0.4, -0.2) is 45.1 Å². The maximum Gasteiger partial charge on any atom is 0.191 e. The zero-order chi connectivity index (χ0) is 15.4. The summed E-state index contributed by atoms with van der Waals surface area (Å²) in [4.78, 5) is 2.52. The van der Waals surface area contributed by atoms with E-state index in [-0.39, 0.29) is 5.82 Å². The topological polar surface area (TPSA) is 34.0 Å². The summed E-state index contributed by atoms with van der Waals surface area (Å²) in [5.41, 5.74) is 0.888. The summed E-state index contributed by atoms with van der Waals surface area (Å²) >= 11 is 1.73. The van der Waals surface area contributed by atoms with Crippen molar-refractivity contribution in [3.05, 3.63) is 30.1 Å². The molecule has 1 fully saturated rings. The fourth-order valence-electron chi connectivity index (χ4n) is 2.74. The summed E-state index contributed by atoms with van der Waals surface area (Å²) < 4.78 is 15.0. The molecule has 1 saturated heterocycles. The van der Waals surface area contributed by atoms with Crippen molar-refractivity contribution in [2.45, 2.75) is 24.4 Å². The van der Waals surface area contributed by atoms with Crippen LogP contribution in [0, 0.1) is 5.82 Å². The third kappa shape index (κ3) is 3.67. The Hall–Kier alpha value is -1.40. The molecule has 0 N–H and O–H groups in total. The van der Waals surface area contributed by atoms with Gasteiger partial charge in [0, 0.05) is 24.9 Å². The normalized spacial score (nSPS) is 16.1. The molecule has 2 heterocycles. The standard InChI is InChI=1S/C16H21FN4S/c1-20-15(13-5-7-14(17)8-6-13)18-19-16(20)22-12-11-21-9-3-2-4-10-21/h5-8H,2-4,9-12H2,1H3. The van der Waals surface area contributed by atoms with Crippen LogP contribution in [0.3, 0.4) is 0 Å². The highest BCUT2D eigenvalue weighted by Gasteiger charge is 2.13. The molecule has 0 bridgehead atoms. The van der Waals surface area contributed by atoms with E-state index in [1.165, 1.54) is 44.5 Å². The minimum Gasteiger partial charge on any atom is -0.305 e. The van der Waals surface area contributed by atoms with Gasteiger partial charge in [0.25, 0.3) is 0 Å². The molecule has 1 aliphatic heterocycles. The van der Waals surface area contributed by atoms with Crippen molar-refractivity contribution in [2.75, 3.05) is 25.4 Å². The van der Waals surface area contributed by atoms with E-state index in [1.54, 1.807) is 23.9 Å². The van der Waals surface area contributed by atoms with E-state index >= 15 is 0 Å². The predicted octanol–water partition coefficient (Wildman–Crippen LogP) is 3.20. The first kappa shape index (κ1) is 15.5. The molecule has 1 aliphatic rings. The van der Waals surface area contributed by atoms with Gasteiger partial charge in [0.1, 0.15) is 5.82 Å². The lowest BCUT2D eigenvalue weighted by Gasteiger charge is -2.25. The molecular weight excluding hydrogens is 299 g/mol. The third-order valence-corrected chi connectivity index (χ3v) is 5.03. The predicted molar refractivity (Wildman–Crippen MR) is 87.4 cm³/mol. The smallest absolute Gasteiger partial charge is 0.191 e. The molecule has 0 amide bonds. The first-order chi connectivity index (χ1) is 10.7. The lowest BCUT2D eigenvalue weighted by Crippen LogP contribution is -2.31. The van der Waals surface area contributed by atoms with Gasteiger partial charge in [0.15, 0.2) is 11.0 Å². The average Bonchev–Trinajstić information content (AvgIpc) is 2.90. The van der Waals surface area contributed by atoms with E-state index in [9.17, 15) is 4.39 Å². The molecule has 0 saturated carbocycles. The van der Waals surface area contributed by atoms with Crippen LogP contribution in [0.4, 0.5) is 4.39 Å². The molecule has 0 atom stereocenters. The van der Waals surface area contributed by atoms with Crippen molar-refractivity contribution in [1.82, 2.24) is 19.7 Å². The van der Waals surface area contributed by atoms with E-state index in [0.29, 0.717) is 0 Å². The maximum absolute atomic E-state index is 13.0. The molecule has 6 heteroatoms. The molecule has 0 unspecified atom stereocenters. The molecule has 0 spiro atoms. The van der Waals surface area contributed by atoms with E-state index < -0.39 is 0 Å². The number of likely N-dealkylation sites (tertiary alicyclic amines) is 1. The Bertz CT molecular complexity index is 605. The first-order valence-corrected chi connectivity index (χ1v) is 8.73. The largest absolute Gasteiger partial charge is 0.305 e. The number of benzene rings is 1. The summed E-state index contributed by atoms with van der Waals surface area (Å²) in [6.45, 7) is 3.55. The van der Waals surface area contributed by atoms with Crippen molar-refractivity contribution in [2.24, 2.45) is 7.05 Å². The van der Waals surface area contributed by atoms with E-state index in [4.69, 9.17) is 0 Å². The average molecular weight is 320 g/mol. The number of aromatic nitrogens is 3. The first-order valence-electron chi connectivity index (χ1n) is 7.74. The number of halogens is 1. The van der Waals surface area contributed by atoms with Gasteiger partial charge in [-0.15, -0.1) is 10.2 Å². The summed E-state index contributed by atoms with van der Waals surface area (Å²) in [6.07, 6.45) is 4.01. The van der Waals surface area contributed by atoms with Gasteiger partial charge in [-0.1, -0.05) is 18.2 Å². The molecule has 0 radical (unpaired) electrons. The highest BCUT2D eigenvalue weighted by Crippen LogP contribution is 2.23. The molecule has 1 aromatic heterocycles. The molecule has 2 aromatic rings.